The number of ether oxygens (including phenoxy) is 1. The third-order valence-electron chi connectivity index (χ3n) is 1.99. The second kappa shape index (κ2) is 2.86. The van der Waals surface area contributed by atoms with Crippen molar-refractivity contribution in [3.05, 3.63) is 0 Å². The van der Waals surface area contributed by atoms with Crippen LogP contribution in [0.25, 0.3) is 0 Å². The van der Waals surface area contributed by atoms with Gasteiger partial charge in [-0.1, -0.05) is 6.92 Å². The van der Waals surface area contributed by atoms with E-state index in [1.54, 1.807) is 0 Å². The molecule has 2 atom stereocenters. The standard InChI is InChI=1S/C7H15NO2/c1-3-8-7(2)5-10-4-6(7)9/h6,8-9H,3-5H2,1-2H3/t6-,7?/m1/s1. The van der Waals surface area contributed by atoms with Crippen molar-refractivity contribution in [2.45, 2.75) is 25.5 Å². The van der Waals surface area contributed by atoms with E-state index in [2.05, 4.69) is 5.32 Å². The third kappa shape index (κ3) is 1.31. The number of aliphatic hydroxyl groups excluding tert-OH is 1. The van der Waals surface area contributed by atoms with Crippen LogP contribution in [0, 0.1) is 0 Å². The zero-order chi connectivity index (χ0) is 7.61. The maximum atomic E-state index is 9.39. The van der Waals surface area contributed by atoms with Crippen molar-refractivity contribution >= 4 is 0 Å². The fraction of sp³-hybridized carbons (Fsp3) is 1.00. The Balaban J connectivity index is 2.48. The summed E-state index contributed by atoms with van der Waals surface area (Å²) < 4.78 is 5.11. The van der Waals surface area contributed by atoms with Crippen molar-refractivity contribution in [3.63, 3.8) is 0 Å². The lowest BCUT2D eigenvalue weighted by atomic mass is 9.99. The first kappa shape index (κ1) is 7.98. The third-order valence-corrected chi connectivity index (χ3v) is 1.99. The zero-order valence-corrected chi connectivity index (χ0v) is 6.55. The smallest absolute Gasteiger partial charge is 0.0974 e. The van der Waals surface area contributed by atoms with Gasteiger partial charge in [0.15, 0.2) is 0 Å². The maximum absolute atomic E-state index is 9.39. The van der Waals surface area contributed by atoms with E-state index in [0.717, 1.165) is 6.54 Å². The number of rotatable bonds is 2. The van der Waals surface area contributed by atoms with Gasteiger partial charge in [0.25, 0.3) is 0 Å². The molecule has 1 fully saturated rings. The first-order chi connectivity index (χ1) is 4.69. The summed E-state index contributed by atoms with van der Waals surface area (Å²) in [4.78, 5) is 0. The Hall–Kier alpha value is -0.120. The highest BCUT2D eigenvalue weighted by molar-refractivity contribution is 4.94. The first-order valence-electron chi connectivity index (χ1n) is 3.70. The lowest BCUT2D eigenvalue weighted by molar-refractivity contribution is 0.104. The normalized spacial score (nSPS) is 40.5. The number of likely N-dealkylation sites (N-methyl/N-ethyl adjacent to an activating group) is 1. The molecule has 0 spiro atoms. The minimum absolute atomic E-state index is 0.214. The SMILES string of the molecule is CCNC1(C)COC[C@H]1O. The molecular formula is C7H15NO2. The molecule has 3 nitrogen and oxygen atoms in total. The molecular weight excluding hydrogens is 130 g/mol. The van der Waals surface area contributed by atoms with Crippen LogP contribution in [0.3, 0.4) is 0 Å². The van der Waals surface area contributed by atoms with Crippen molar-refractivity contribution < 1.29 is 9.84 Å². The van der Waals surface area contributed by atoms with E-state index in [4.69, 9.17) is 4.74 Å². The Morgan fingerprint density at radius 3 is 2.90 bits per heavy atom. The Morgan fingerprint density at radius 1 is 1.80 bits per heavy atom. The van der Waals surface area contributed by atoms with Crippen LogP contribution in [0.5, 0.6) is 0 Å². The highest BCUT2D eigenvalue weighted by Crippen LogP contribution is 2.17. The predicted octanol–water partition coefficient (Wildman–Crippen LogP) is -0.254. The Kier molecular flexibility index (Phi) is 2.28. The van der Waals surface area contributed by atoms with Crippen molar-refractivity contribution in [2.24, 2.45) is 0 Å². The molecule has 0 radical (unpaired) electrons. The number of hydrogen-bond acceptors (Lipinski definition) is 3. The first-order valence-corrected chi connectivity index (χ1v) is 3.70. The summed E-state index contributed by atoms with van der Waals surface area (Å²) in [6.07, 6.45) is -0.354. The van der Waals surface area contributed by atoms with Gasteiger partial charge >= 0.3 is 0 Å². The van der Waals surface area contributed by atoms with Gasteiger partial charge in [-0.25, -0.2) is 0 Å². The predicted molar refractivity (Wildman–Crippen MR) is 38.9 cm³/mol. The van der Waals surface area contributed by atoms with Gasteiger partial charge in [-0.15, -0.1) is 0 Å². The summed E-state index contributed by atoms with van der Waals surface area (Å²) in [5.74, 6) is 0. The van der Waals surface area contributed by atoms with Crippen LogP contribution >= 0.6 is 0 Å². The van der Waals surface area contributed by atoms with Gasteiger partial charge < -0.3 is 15.2 Å². The maximum Gasteiger partial charge on any atom is 0.0974 e. The topological polar surface area (TPSA) is 41.5 Å². The minimum Gasteiger partial charge on any atom is -0.389 e. The molecule has 0 aliphatic carbocycles. The molecule has 0 bridgehead atoms. The molecule has 1 saturated heterocycles. The summed E-state index contributed by atoms with van der Waals surface area (Å²) in [7, 11) is 0. The molecule has 0 amide bonds. The van der Waals surface area contributed by atoms with Crippen LogP contribution < -0.4 is 5.32 Å². The molecule has 3 heteroatoms. The number of nitrogens with one attached hydrogen (secondary N) is 1. The van der Waals surface area contributed by atoms with Gasteiger partial charge in [-0.3, -0.25) is 0 Å². The second-order valence-corrected chi connectivity index (χ2v) is 2.98. The van der Waals surface area contributed by atoms with Crippen LogP contribution in [0.15, 0.2) is 0 Å². The lowest BCUT2D eigenvalue weighted by Crippen LogP contribution is -2.51. The van der Waals surface area contributed by atoms with Crippen molar-refractivity contribution in [1.29, 1.82) is 0 Å². The van der Waals surface area contributed by atoms with Crippen LogP contribution in [0.2, 0.25) is 0 Å². The average molecular weight is 145 g/mol. The van der Waals surface area contributed by atoms with Crippen LogP contribution in [-0.4, -0.2) is 36.5 Å². The van der Waals surface area contributed by atoms with Gasteiger partial charge in [0.1, 0.15) is 0 Å². The molecule has 60 valence electrons. The highest BCUT2D eigenvalue weighted by atomic mass is 16.5. The summed E-state index contributed by atoms with van der Waals surface area (Å²) in [6, 6.07) is 0. The molecule has 1 aliphatic rings. The summed E-state index contributed by atoms with van der Waals surface area (Å²) in [5, 5.41) is 12.6. The van der Waals surface area contributed by atoms with Crippen LogP contribution in [0.1, 0.15) is 13.8 Å². The molecule has 1 aliphatic heterocycles. The van der Waals surface area contributed by atoms with Gasteiger partial charge in [-0.2, -0.15) is 0 Å². The van der Waals surface area contributed by atoms with E-state index in [-0.39, 0.29) is 11.6 Å². The molecule has 1 unspecified atom stereocenters. The van der Waals surface area contributed by atoms with Crippen LogP contribution in [0.4, 0.5) is 0 Å². The molecule has 0 saturated carbocycles. The fourth-order valence-corrected chi connectivity index (χ4v) is 1.24. The average Bonchev–Trinajstić information content (AvgIpc) is 2.15. The summed E-state index contributed by atoms with van der Waals surface area (Å²) >= 11 is 0. The molecule has 1 rings (SSSR count). The number of aliphatic hydroxyl groups is 1. The minimum atomic E-state index is -0.354. The zero-order valence-electron chi connectivity index (χ0n) is 6.55. The molecule has 10 heavy (non-hydrogen) atoms. The van der Waals surface area contributed by atoms with Crippen molar-refractivity contribution in [2.75, 3.05) is 19.8 Å². The fourth-order valence-electron chi connectivity index (χ4n) is 1.24. The van der Waals surface area contributed by atoms with Gasteiger partial charge in [0, 0.05) is 0 Å². The largest absolute Gasteiger partial charge is 0.389 e. The monoisotopic (exact) mass is 145 g/mol. The Morgan fingerprint density at radius 2 is 2.50 bits per heavy atom. The summed E-state index contributed by atoms with van der Waals surface area (Å²) in [5.41, 5.74) is -0.214. The Bertz CT molecular complexity index is 118. The second-order valence-electron chi connectivity index (χ2n) is 2.98. The van der Waals surface area contributed by atoms with E-state index < -0.39 is 0 Å². The summed E-state index contributed by atoms with van der Waals surface area (Å²) in [6.45, 7) is 5.95. The van der Waals surface area contributed by atoms with Crippen molar-refractivity contribution in [3.8, 4) is 0 Å². The van der Waals surface area contributed by atoms with Gasteiger partial charge in [-0.05, 0) is 13.5 Å². The molecule has 0 aromatic rings. The van der Waals surface area contributed by atoms with Gasteiger partial charge in [0.05, 0.1) is 24.9 Å². The van der Waals surface area contributed by atoms with Gasteiger partial charge in [0.2, 0.25) is 0 Å². The van der Waals surface area contributed by atoms with Crippen LogP contribution in [-0.2, 0) is 4.74 Å². The Labute approximate surface area is 61.4 Å². The van der Waals surface area contributed by atoms with E-state index in [9.17, 15) is 5.11 Å². The lowest BCUT2D eigenvalue weighted by Gasteiger charge is -2.26. The highest BCUT2D eigenvalue weighted by Gasteiger charge is 2.37. The molecule has 1 heterocycles. The molecule has 0 aromatic heterocycles. The van der Waals surface area contributed by atoms with E-state index in [0.29, 0.717) is 13.2 Å². The molecule has 2 N–H and O–H groups in total. The molecule has 0 aromatic carbocycles. The van der Waals surface area contributed by atoms with Crippen molar-refractivity contribution in [1.82, 2.24) is 5.32 Å². The number of hydrogen-bond donors (Lipinski definition) is 2. The van der Waals surface area contributed by atoms with E-state index >= 15 is 0 Å². The van der Waals surface area contributed by atoms with E-state index in [1.807, 2.05) is 13.8 Å². The quantitative estimate of drug-likeness (QED) is 0.563. The van der Waals surface area contributed by atoms with E-state index in [1.165, 1.54) is 0 Å².